The predicted molar refractivity (Wildman–Crippen MR) is 146 cm³/mol. The number of benzene rings is 3. The monoisotopic (exact) mass is 492 g/mol. The first-order valence-electron chi connectivity index (χ1n) is 11.3. The van der Waals surface area contributed by atoms with Crippen LogP contribution in [0.25, 0.3) is 12.2 Å². The Hall–Kier alpha value is -4.55. The fourth-order valence-corrected chi connectivity index (χ4v) is 4.05. The van der Waals surface area contributed by atoms with Crippen LogP contribution in [0.4, 0.5) is 5.69 Å². The van der Waals surface area contributed by atoms with Gasteiger partial charge in [0.05, 0.1) is 0 Å². The molecule has 2 amide bonds. The summed E-state index contributed by atoms with van der Waals surface area (Å²) < 4.78 is 0. The number of hydrogen-bond donors (Lipinski definition) is 2. The summed E-state index contributed by atoms with van der Waals surface area (Å²) >= 11 is 1.57. The van der Waals surface area contributed by atoms with Crippen LogP contribution in [0.15, 0.2) is 107 Å². The van der Waals surface area contributed by atoms with E-state index in [4.69, 9.17) is 0 Å². The lowest BCUT2D eigenvalue weighted by Gasteiger charge is -2.12. The average Bonchev–Trinajstić information content (AvgIpc) is 3.41. The number of anilines is 1. The molecule has 0 aliphatic heterocycles. The van der Waals surface area contributed by atoms with Crippen LogP contribution in [-0.2, 0) is 4.79 Å². The van der Waals surface area contributed by atoms with Gasteiger partial charge in [-0.2, -0.15) is 11.3 Å². The largest absolute Gasteiger partial charge is 0.321 e. The second kappa shape index (κ2) is 11.7. The zero-order valence-electron chi connectivity index (χ0n) is 19.6. The van der Waals surface area contributed by atoms with Crippen LogP contribution < -0.4 is 10.6 Å². The standard InChI is InChI=1S/C30H24N2O3S/c1-21-6-5-7-23(18-21)19-27(32-29(34)25-8-3-2-4-9-25)30(35)31-26-13-11-24(12-14-26)28(33)15-10-22-16-17-36-20-22/h2-20H,1H3,(H,31,35)(H,32,34)/b15-10+,27-19-. The van der Waals surface area contributed by atoms with E-state index in [1.54, 1.807) is 72.0 Å². The number of aryl methyl sites for hydroxylation is 1. The van der Waals surface area contributed by atoms with Gasteiger partial charge < -0.3 is 10.6 Å². The minimum Gasteiger partial charge on any atom is -0.321 e. The number of nitrogens with one attached hydrogen (secondary N) is 2. The highest BCUT2D eigenvalue weighted by Gasteiger charge is 2.15. The van der Waals surface area contributed by atoms with E-state index in [2.05, 4.69) is 10.6 Å². The van der Waals surface area contributed by atoms with E-state index < -0.39 is 5.91 Å². The smallest absolute Gasteiger partial charge is 0.272 e. The van der Waals surface area contributed by atoms with Crippen molar-refractivity contribution < 1.29 is 14.4 Å². The number of carbonyl (C=O) groups is 3. The van der Waals surface area contributed by atoms with Crippen molar-refractivity contribution in [2.75, 3.05) is 5.32 Å². The van der Waals surface area contributed by atoms with Gasteiger partial charge >= 0.3 is 0 Å². The first-order chi connectivity index (χ1) is 17.5. The van der Waals surface area contributed by atoms with Gasteiger partial charge in [0.1, 0.15) is 5.70 Å². The molecule has 3 aromatic carbocycles. The van der Waals surface area contributed by atoms with Gasteiger partial charge in [-0.05, 0) is 83.4 Å². The lowest BCUT2D eigenvalue weighted by Crippen LogP contribution is -2.30. The van der Waals surface area contributed by atoms with Crippen LogP contribution in [0.2, 0.25) is 0 Å². The Bertz CT molecular complexity index is 1420. The first-order valence-corrected chi connectivity index (χ1v) is 12.2. The highest BCUT2D eigenvalue weighted by molar-refractivity contribution is 7.08. The van der Waals surface area contributed by atoms with Crippen LogP contribution in [-0.4, -0.2) is 17.6 Å². The van der Waals surface area contributed by atoms with Gasteiger partial charge in [-0.1, -0.05) is 54.1 Å². The van der Waals surface area contributed by atoms with Gasteiger partial charge in [0, 0.05) is 16.8 Å². The maximum Gasteiger partial charge on any atom is 0.272 e. The van der Waals surface area contributed by atoms with Crippen LogP contribution in [0.3, 0.4) is 0 Å². The third-order valence-electron chi connectivity index (χ3n) is 5.28. The van der Waals surface area contributed by atoms with Gasteiger partial charge in [0.2, 0.25) is 0 Å². The van der Waals surface area contributed by atoms with Gasteiger partial charge in [-0.3, -0.25) is 14.4 Å². The Labute approximate surface area is 213 Å². The second-order valence-corrected chi connectivity index (χ2v) is 8.86. The van der Waals surface area contributed by atoms with Crippen molar-refractivity contribution in [2.24, 2.45) is 0 Å². The van der Waals surface area contributed by atoms with E-state index in [9.17, 15) is 14.4 Å². The number of allylic oxidation sites excluding steroid dienone is 1. The minimum absolute atomic E-state index is 0.105. The van der Waals surface area contributed by atoms with E-state index in [1.807, 2.05) is 54.1 Å². The lowest BCUT2D eigenvalue weighted by molar-refractivity contribution is -0.113. The molecule has 0 aliphatic rings. The molecule has 178 valence electrons. The van der Waals surface area contributed by atoms with Crippen LogP contribution in [0, 0.1) is 6.92 Å². The van der Waals surface area contributed by atoms with Crippen molar-refractivity contribution >= 4 is 46.8 Å². The third kappa shape index (κ3) is 6.74. The molecule has 0 spiro atoms. The van der Waals surface area contributed by atoms with Gasteiger partial charge in [-0.15, -0.1) is 0 Å². The molecule has 0 fully saturated rings. The fourth-order valence-electron chi connectivity index (χ4n) is 3.42. The normalized spacial score (nSPS) is 11.3. The number of rotatable bonds is 8. The molecule has 5 nitrogen and oxygen atoms in total. The summed E-state index contributed by atoms with van der Waals surface area (Å²) in [6.07, 6.45) is 4.93. The zero-order chi connectivity index (χ0) is 25.3. The van der Waals surface area contributed by atoms with Crippen molar-refractivity contribution in [3.63, 3.8) is 0 Å². The molecular formula is C30H24N2O3S. The summed E-state index contributed by atoms with van der Waals surface area (Å²) in [4.78, 5) is 38.4. The van der Waals surface area contributed by atoms with E-state index in [0.717, 1.165) is 16.7 Å². The Kier molecular flexibility index (Phi) is 8.01. The molecule has 0 radical (unpaired) electrons. The van der Waals surface area contributed by atoms with Crippen molar-refractivity contribution in [3.05, 3.63) is 135 Å². The van der Waals surface area contributed by atoms with Crippen LogP contribution >= 0.6 is 11.3 Å². The highest BCUT2D eigenvalue weighted by Crippen LogP contribution is 2.15. The van der Waals surface area contributed by atoms with Crippen molar-refractivity contribution in [3.8, 4) is 0 Å². The number of amides is 2. The topological polar surface area (TPSA) is 75.3 Å². The molecule has 4 rings (SSSR count). The molecule has 4 aromatic rings. The average molecular weight is 493 g/mol. The molecule has 36 heavy (non-hydrogen) atoms. The molecule has 1 aromatic heterocycles. The summed E-state index contributed by atoms with van der Waals surface area (Å²) in [5.74, 6) is -0.991. The number of hydrogen-bond acceptors (Lipinski definition) is 4. The molecule has 2 N–H and O–H groups in total. The number of carbonyl (C=O) groups excluding carboxylic acids is 3. The molecule has 0 bridgehead atoms. The van der Waals surface area contributed by atoms with E-state index in [-0.39, 0.29) is 17.4 Å². The predicted octanol–water partition coefficient (Wildman–Crippen LogP) is 6.36. The van der Waals surface area contributed by atoms with E-state index in [1.165, 1.54) is 6.08 Å². The summed E-state index contributed by atoms with van der Waals surface area (Å²) in [6.45, 7) is 1.96. The summed E-state index contributed by atoms with van der Waals surface area (Å²) in [5, 5.41) is 9.44. The maximum atomic E-state index is 13.2. The molecule has 0 unspecified atom stereocenters. The molecular weight excluding hydrogens is 468 g/mol. The van der Waals surface area contributed by atoms with Crippen molar-refractivity contribution in [2.45, 2.75) is 6.92 Å². The number of ketones is 1. The SMILES string of the molecule is Cc1cccc(/C=C(\NC(=O)c2ccccc2)C(=O)Nc2ccc(C(=O)/C=C/c3ccsc3)cc2)c1. The maximum absolute atomic E-state index is 13.2. The second-order valence-electron chi connectivity index (χ2n) is 8.08. The van der Waals surface area contributed by atoms with Crippen LogP contribution in [0.1, 0.15) is 37.4 Å². The van der Waals surface area contributed by atoms with Crippen molar-refractivity contribution in [1.29, 1.82) is 0 Å². The van der Waals surface area contributed by atoms with Crippen LogP contribution in [0.5, 0.6) is 0 Å². The Morgan fingerprint density at radius 3 is 2.28 bits per heavy atom. The molecule has 0 atom stereocenters. The molecule has 0 saturated heterocycles. The van der Waals surface area contributed by atoms with Gasteiger partial charge in [0.15, 0.2) is 5.78 Å². The minimum atomic E-state index is -0.475. The van der Waals surface area contributed by atoms with Gasteiger partial charge in [-0.25, -0.2) is 0 Å². The Balaban J connectivity index is 1.50. The summed E-state index contributed by atoms with van der Waals surface area (Å²) in [5.41, 5.74) is 4.35. The Morgan fingerprint density at radius 1 is 0.806 bits per heavy atom. The van der Waals surface area contributed by atoms with E-state index in [0.29, 0.717) is 16.8 Å². The molecule has 6 heteroatoms. The molecule has 1 heterocycles. The third-order valence-corrected chi connectivity index (χ3v) is 5.98. The van der Waals surface area contributed by atoms with Gasteiger partial charge in [0.25, 0.3) is 11.8 Å². The van der Waals surface area contributed by atoms with Crippen molar-refractivity contribution in [1.82, 2.24) is 5.32 Å². The Morgan fingerprint density at radius 2 is 1.58 bits per heavy atom. The van der Waals surface area contributed by atoms with E-state index >= 15 is 0 Å². The molecule has 0 saturated carbocycles. The summed E-state index contributed by atoms with van der Waals surface area (Å²) in [7, 11) is 0. The number of thiophene rings is 1. The first kappa shape index (κ1) is 24.6. The fraction of sp³-hybridized carbons (Fsp3) is 0.0333. The molecule has 0 aliphatic carbocycles. The highest BCUT2D eigenvalue weighted by atomic mass is 32.1. The zero-order valence-corrected chi connectivity index (χ0v) is 20.4. The quantitative estimate of drug-likeness (QED) is 0.222. The summed E-state index contributed by atoms with van der Waals surface area (Å²) in [6, 6.07) is 24.9. The lowest BCUT2D eigenvalue weighted by atomic mass is 10.1.